The zero-order valence-corrected chi connectivity index (χ0v) is 13.0. The molecule has 2 rings (SSSR count). The Labute approximate surface area is 119 Å². The van der Waals surface area contributed by atoms with E-state index in [1.165, 1.54) is 22.5 Å². The predicted molar refractivity (Wildman–Crippen MR) is 77.5 cm³/mol. The molecule has 0 atom stereocenters. The van der Waals surface area contributed by atoms with Gasteiger partial charge in [-0.15, -0.1) is 0 Å². The Balaban J connectivity index is 2.40. The molecule has 1 heterocycles. The molecule has 20 heavy (non-hydrogen) atoms. The lowest BCUT2D eigenvalue weighted by Gasteiger charge is -2.20. The highest BCUT2D eigenvalue weighted by Crippen LogP contribution is 2.32. The molecule has 8 heteroatoms. The van der Waals surface area contributed by atoms with Gasteiger partial charge in [0.2, 0.25) is 20.0 Å². The fraction of sp³-hybridized carbons (Fsp3) is 0.500. The zero-order chi connectivity index (χ0) is 15.1. The standard InChI is InChI=1S/C12H18N2O4S2/c1-9(2)8-19(15,16)14-6-5-10-7-11(20(13,17)18)3-4-12(10)14/h3-4,7,9H,5-6,8H2,1-2H3,(H2,13,17,18). The molecule has 1 aliphatic rings. The van der Waals surface area contributed by atoms with Crippen LogP contribution >= 0.6 is 0 Å². The van der Waals surface area contributed by atoms with Gasteiger partial charge >= 0.3 is 0 Å². The molecule has 1 aromatic carbocycles. The van der Waals surface area contributed by atoms with Crippen molar-refractivity contribution in [2.24, 2.45) is 11.1 Å². The summed E-state index contributed by atoms with van der Waals surface area (Å²) in [4.78, 5) is 0.0133. The minimum absolute atomic E-state index is 0.0133. The third-order valence-corrected chi connectivity index (χ3v) is 6.16. The van der Waals surface area contributed by atoms with Crippen molar-refractivity contribution in [3.05, 3.63) is 23.8 Å². The lowest BCUT2D eigenvalue weighted by atomic mass is 10.2. The average molecular weight is 318 g/mol. The molecule has 0 amide bonds. The van der Waals surface area contributed by atoms with Crippen LogP contribution in [0.15, 0.2) is 23.1 Å². The van der Waals surface area contributed by atoms with E-state index in [4.69, 9.17) is 5.14 Å². The third-order valence-electron chi connectivity index (χ3n) is 3.11. The molecule has 0 unspecified atom stereocenters. The number of rotatable bonds is 4. The van der Waals surface area contributed by atoms with Crippen LogP contribution in [0.25, 0.3) is 0 Å². The molecule has 0 radical (unpaired) electrons. The largest absolute Gasteiger partial charge is 0.270 e. The lowest BCUT2D eigenvalue weighted by molar-refractivity contribution is 0.578. The third kappa shape index (κ3) is 2.97. The van der Waals surface area contributed by atoms with Crippen LogP contribution in [-0.4, -0.2) is 29.1 Å². The Kier molecular flexibility index (Phi) is 3.83. The molecule has 1 aromatic rings. The average Bonchev–Trinajstić information content (AvgIpc) is 2.68. The number of benzene rings is 1. The van der Waals surface area contributed by atoms with Crippen molar-refractivity contribution in [3.8, 4) is 0 Å². The van der Waals surface area contributed by atoms with Gasteiger partial charge in [-0.2, -0.15) is 0 Å². The second-order valence-corrected chi connectivity index (χ2v) is 8.83. The van der Waals surface area contributed by atoms with E-state index in [-0.39, 0.29) is 16.6 Å². The van der Waals surface area contributed by atoms with Crippen molar-refractivity contribution in [2.75, 3.05) is 16.6 Å². The summed E-state index contributed by atoms with van der Waals surface area (Å²) >= 11 is 0. The Hall–Kier alpha value is -1.12. The molecule has 0 fully saturated rings. The maximum Gasteiger partial charge on any atom is 0.238 e. The van der Waals surface area contributed by atoms with Crippen LogP contribution in [0, 0.1) is 5.92 Å². The minimum atomic E-state index is -3.76. The highest BCUT2D eigenvalue weighted by molar-refractivity contribution is 7.92. The van der Waals surface area contributed by atoms with Gasteiger partial charge in [0.25, 0.3) is 0 Å². The van der Waals surface area contributed by atoms with Gasteiger partial charge in [0.15, 0.2) is 0 Å². The number of hydrogen-bond donors (Lipinski definition) is 1. The van der Waals surface area contributed by atoms with E-state index in [0.29, 0.717) is 24.2 Å². The van der Waals surface area contributed by atoms with E-state index >= 15 is 0 Å². The molecular weight excluding hydrogens is 300 g/mol. The first-order chi connectivity index (χ1) is 9.11. The molecule has 6 nitrogen and oxygen atoms in total. The SMILES string of the molecule is CC(C)CS(=O)(=O)N1CCc2cc(S(N)(=O)=O)ccc21. The zero-order valence-electron chi connectivity index (χ0n) is 11.4. The molecule has 0 aromatic heterocycles. The van der Waals surface area contributed by atoms with E-state index in [2.05, 4.69) is 0 Å². The maximum atomic E-state index is 12.3. The van der Waals surface area contributed by atoms with Crippen LogP contribution in [0.2, 0.25) is 0 Å². The molecule has 0 saturated heterocycles. The first-order valence-electron chi connectivity index (χ1n) is 6.27. The van der Waals surface area contributed by atoms with E-state index in [1.807, 2.05) is 13.8 Å². The molecule has 1 aliphatic heterocycles. The van der Waals surface area contributed by atoms with Crippen LogP contribution in [-0.2, 0) is 26.5 Å². The van der Waals surface area contributed by atoms with Crippen molar-refractivity contribution in [1.82, 2.24) is 0 Å². The van der Waals surface area contributed by atoms with Crippen molar-refractivity contribution < 1.29 is 16.8 Å². The van der Waals surface area contributed by atoms with Gasteiger partial charge in [-0.25, -0.2) is 22.0 Å². The highest BCUT2D eigenvalue weighted by atomic mass is 32.2. The first-order valence-corrected chi connectivity index (χ1v) is 9.43. The Morgan fingerprint density at radius 3 is 2.45 bits per heavy atom. The van der Waals surface area contributed by atoms with Crippen molar-refractivity contribution in [3.63, 3.8) is 0 Å². The minimum Gasteiger partial charge on any atom is -0.270 e. The van der Waals surface area contributed by atoms with Crippen molar-refractivity contribution in [2.45, 2.75) is 25.2 Å². The van der Waals surface area contributed by atoms with E-state index in [0.717, 1.165) is 0 Å². The lowest BCUT2D eigenvalue weighted by Crippen LogP contribution is -2.32. The smallest absolute Gasteiger partial charge is 0.238 e. The second-order valence-electron chi connectivity index (χ2n) is 5.33. The quantitative estimate of drug-likeness (QED) is 0.882. The fourth-order valence-electron chi connectivity index (χ4n) is 2.32. The predicted octanol–water partition coefficient (Wildman–Crippen LogP) is 0.682. The number of nitrogens with zero attached hydrogens (tertiary/aromatic N) is 1. The van der Waals surface area contributed by atoms with Gasteiger partial charge in [-0.1, -0.05) is 13.8 Å². The number of primary sulfonamides is 1. The molecule has 0 bridgehead atoms. The molecule has 0 saturated carbocycles. The van der Waals surface area contributed by atoms with Crippen LogP contribution in [0.5, 0.6) is 0 Å². The van der Waals surface area contributed by atoms with Gasteiger partial charge in [0.1, 0.15) is 0 Å². The van der Waals surface area contributed by atoms with E-state index < -0.39 is 20.0 Å². The summed E-state index contributed by atoms with van der Waals surface area (Å²) in [5.41, 5.74) is 1.25. The molecular formula is C12H18N2O4S2. The number of anilines is 1. The molecule has 2 N–H and O–H groups in total. The van der Waals surface area contributed by atoms with Gasteiger partial charge in [-0.3, -0.25) is 4.31 Å². The summed E-state index contributed by atoms with van der Waals surface area (Å²) in [5, 5.41) is 5.08. The Morgan fingerprint density at radius 2 is 1.90 bits per heavy atom. The fourth-order valence-corrected chi connectivity index (χ4v) is 4.76. The van der Waals surface area contributed by atoms with Gasteiger partial charge < -0.3 is 0 Å². The summed E-state index contributed by atoms with van der Waals surface area (Å²) in [7, 11) is -7.13. The monoisotopic (exact) mass is 318 g/mol. The summed E-state index contributed by atoms with van der Waals surface area (Å²) in [6.45, 7) is 4.04. The summed E-state index contributed by atoms with van der Waals surface area (Å²) in [5.74, 6) is 0.108. The molecule has 0 spiro atoms. The normalized spacial score (nSPS) is 15.7. The van der Waals surface area contributed by atoms with Crippen LogP contribution in [0.3, 0.4) is 0 Å². The van der Waals surface area contributed by atoms with E-state index in [9.17, 15) is 16.8 Å². The summed E-state index contributed by atoms with van der Waals surface area (Å²) < 4.78 is 48.5. The van der Waals surface area contributed by atoms with Crippen LogP contribution in [0.1, 0.15) is 19.4 Å². The van der Waals surface area contributed by atoms with Gasteiger partial charge in [0, 0.05) is 6.54 Å². The van der Waals surface area contributed by atoms with E-state index in [1.54, 1.807) is 0 Å². The Bertz CT molecular complexity index is 724. The highest BCUT2D eigenvalue weighted by Gasteiger charge is 2.30. The molecule has 0 aliphatic carbocycles. The number of nitrogens with two attached hydrogens (primary N) is 1. The first kappa shape index (κ1) is 15.3. The molecule has 112 valence electrons. The number of sulfonamides is 2. The summed E-state index contributed by atoms with van der Waals surface area (Å²) in [6.07, 6.45) is 0.496. The van der Waals surface area contributed by atoms with Crippen molar-refractivity contribution >= 4 is 25.7 Å². The number of hydrogen-bond acceptors (Lipinski definition) is 4. The van der Waals surface area contributed by atoms with Crippen LogP contribution in [0.4, 0.5) is 5.69 Å². The Morgan fingerprint density at radius 1 is 1.25 bits per heavy atom. The maximum absolute atomic E-state index is 12.3. The van der Waals surface area contributed by atoms with Gasteiger partial charge in [0.05, 0.1) is 16.3 Å². The van der Waals surface area contributed by atoms with Crippen molar-refractivity contribution in [1.29, 1.82) is 0 Å². The van der Waals surface area contributed by atoms with Crippen LogP contribution < -0.4 is 9.44 Å². The summed E-state index contributed by atoms with van der Waals surface area (Å²) in [6, 6.07) is 4.31. The van der Waals surface area contributed by atoms with Gasteiger partial charge in [-0.05, 0) is 36.1 Å². The second kappa shape index (κ2) is 5.01. The number of fused-ring (bicyclic) bond motifs is 1. The topological polar surface area (TPSA) is 97.5 Å².